The first-order valence-corrected chi connectivity index (χ1v) is 41.3. The van der Waals surface area contributed by atoms with Crippen LogP contribution in [0.3, 0.4) is 0 Å². The predicted octanol–water partition coefficient (Wildman–Crippen LogP) is 11.9. The molecule has 102 heavy (non-hydrogen) atoms. The van der Waals surface area contributed by atoms with Crippen molar-refractivity contribution in [2.24, 2.45) is 0 Å². The number of carbonyl (C=O) groups is 3. The molecule has 1 aliphatic carbocycles. The zero-order valence-corrected chi connectivity index (χ0v) is 63.3. The number of aliphatic hydroxyl groups excluding tert-OH is 10. The molecule has 0 aromatic carbocycles. The summed E-state index contributed by atoms with van der Waals surface area (Å²) < 4.78 is 65.0. The highest BCUT2D eigenvalue weighted by Crippen LogP contribution is 2.49. The third-order valence-electron chi connectivity index (χ3n) is 19.5. The fourth-order valence-electron chi connectivity index (χ4n) is 13.0. The normalized spacial score (nSPS) is 27.2. The number of hydrogen-bond donors (Lipinski definition) is 11. The van der Waals surface area contributed by atoms with Gasteiger partial charge in [0.2, 0.25) is 0 Å². The molecule has 2 heterocycles. The van der Waals surface area contributed by atoms with E-state index in [1.54, 1.807) is 6.08 Å². The summed E-state index contributed by atoms with van der Waals surface area (Å²) >= 11 is 0. The average Bonchev–Trinajstić information content (AvgIpc) is 0.762. The van der Waals surface area contributed by atoms with Crippen molar-refractivity contribution >= 4 is 25.7 Å². The smallest absolute Gasteiger partial charge is 0.462 e. The highest BCUT2D eigenvalue weighted by atomic mass is 31.2. The summed E-state index contributed by atoms with van der Waals surface area (Å²) in [5.41, 5.74) is 0. The second-order valence-electron chi connectivity index (χ2n) is 28.5. The van der Waals surface area contributed by atoms with E-state index < -0.39 is 156 Å². The van der Waals surface area contributed by atoms with Gasteiger partial charge in [-0.3, -0.25) is 18.6 Å². The molecule has 2 aliphatic heterocycles. The summed E-state index contributed by atoms with van der Waals surface area (Å²) in [5.74, 6) is -2.22. The van der Waals surface area contributed by atoms with Gasteiger partial charge in [0.15, 0.2) is 18.7 Å². The number of esters is 3. The number of rotatable bonds is 62. The minimum absolute atomic E-state index is 0.0386. The SMILES string of the molecule is CCCCCC/C=C\CCCCCCCCCC(=O)OCC(COP(=O)(O)OC1C(OC2OC(CO)C(O)C(O)C2O)C(O)C(O)C(O)C1OC1OC(COC(=O)/C=C/C=C/CCCCCCCCCCCCC)C(O)C(O)C1O)OC(=O)CCCCCCCCCCCCCCCCCCC. The van der Waals surface area contributed by atoms with Crippen LogP contribution < -0.4 is 0 Å². The second kappa shape index (κ2) is 58.2. The monoisotopic (exact) mass is 1480 g/mol. The molecule has 596 valence electrons. The van der Waals surface area contributed by atoms with Crippen LogP contribution in [0.4, 0.5) is 0 Å². The zero-order chi connectivity index (χ0) is 74.6. The third kappa shape index (κ3) is 40.4. The van der Waals surface area contributed by atoms with E-state index in [9.17, 15) is 74.9 Å². The van der Waals surface area contributed by atoms with E-state index in [0.29, 0.717) is 12.8 Å². The molecule has 1 saturated carbocycles. The number of unbranched alkanes of at least 4 members (excludes halogenated alkanes) is 38. The molecule has 2 saturated heterocycles. The molecule has 11 N–H and O–H groups in total. The Morgan fingerprint density at radius 1 is 0.402 bits per heavy atom. The van der Waals surface area contributed by atoms with Crippen LogP contribution in [-0.2, 0) is 61.2 Å². The van der Waals surface area contributed by atoms with Crippen molar-refractivity contribution in [2.75, 3.05) is 26.4 Å². The van der Waals surface area contributed by atoms with Crippen molar-refractivity contribution in [3.05, 3.63) is 36.5 Å². The Bertz CT molecular complexity index is 2240. The summed E-state index contributed by atoms with van der Waals surface area (Å²) in [4.78, 5) is 51.0. The van der Waals surface area contributed by atoms with Gasteiger partial charge in [-0.25, -0.2) is 9.36 Å². The number of phosphoric ester groups is 1. The fraction of sp³-hybridized carbons (Fsp3) is 0.883. The summed E-state index contributed by atoms with van der Waals surface area (Å²) in [6.07, 6.45) is 22.5. The summed E-state index contributed by atoms with van der Waals surface area (Å²) in [5, 5.41) is 110. The Morgan fingerprint density at radius 2 is 0.765 bits per heavy atom. The van der Waals surface area contributed by atoms with Gasteiger partial charge < -0.3 is 89.1 Å². The zero-order valence-electron chi connectivity index (χ0n) is 62.4. The topological polar surface area (TPSA) is 374 Å². The number of hydrogen-bond acceptors (Lipinski definition) is 23. The van der Waals surface area contributed by atoms with E-state index in [-0.39, 0.29) is 12.8 Å². The van der Waals surface area contributed by atoms with Gasteiger partial charge in [0.1, 0.15) is 98.7 Å². The Morgan fingerprint density at radius 3 is 1.20 bits per heavy atom. The van der Waals surface area contributed by atoms with Gasteiger partial charge in [-0.1, -0.05) is 269 Å². The molecule has 0 radical (unpaired) electrons. The van der Waals surface area contributed by atoms with Crippen molar-refractivity contribution in [1.29, 1.82) is 0 Å². The van der Waals surface area contributed by atoms with Crippen LogP contribution in [0.25, 0.3) is 0 Å². The number of carbonyl (C=O) groups excluding carboxylic acids is 3. The Labute approximate surface area is 610 Å². The maximum Gasteiger partial charge on any atom is 0.472 e. The molecule has 18 atom stereocenters. The lowest BCUT2D eigenvalue weighted by atomic mass is 9.84. The average molecular weight is 1480 g/mol. The van der Waals surface area contributed by atoms with Crippen LogP contribution in [-0.4, -0.2) is 204 Å². The van der Waals surface area contributed by atoms with E-state index in [4.69, 9.17) is 42.2 Å². The fourth-order valence-corrected chi connectivity index (χ4v) is 14.0. The minimum Gasteiger partial charge on any atom is -0.462 e. The molecule has 3 aliphatic rings. The van der Waals surface area contributed by atoms with Crippen molar-refractivity contribution in [2.45, 2.75) is 407 Å². The van der Waals surface area contributed by atoms with Crippen LogP contribution in [0.1, 0.15) is 303 Å². The Balaban J connectivity index is 1.73. The molecule has 0 bridgehead atoms. The lowest BCUT2D eigenvalue weighted by molar-refractivity contribution is -0.360. The molecule has 0 aromatic rings. The first-order chi connectivity index (χ1) is 49.3. The maximum atomic E-state index is 14.4. The van der Waals surface area contributed by atoms with Crippen LogP contribution in [0, 0.1) is 0 Å². The van der Waals surface area contributed by atoms with Gasteiger partial charge in [0, 0.05) is 18.9 Å². The van der Waals surface area contributed by atoms with Crippen LogP contribution in [0.2, 0.25) is 0 Å². The lowest BCUT2D eigenvalue weighted by Gasteiger charge is -2.49. The summed E-state index contributed by atoms with van der Waals surface area (Å²) in [6.45, 7) is 3.37. The van der Waals surface area contributed by atoms with E-state index in [1.165, 1.54) is 154 Å². The van der Waals surface area contributed by atoms with Gasteiger partial charge in [0.05, 0.1) is 13.2 Å². The number of ether oxygens (including phenoxy) is 7. The van der Waals surface area contributed by atoms with Gasteiger partial charge in [0.25, 0.3) is 0 Å². The number of phosphoric acid groups is 1. The molecule has 0 aromatic heterocycles. The highest BCUT2D eigenvalue weighted by Gasteiger charge is 2.58. The molecular weight excluding hydrogens is 1340 g/mol. The van der Waals surface area contributed by atoms with E-state index >= 15 is 0 Å². The summed E-state index contributed by atoms with van der Waals surface area (Å²) in [7, 11) is -5.71. The Hall–Kier alpha value is -2.82. The van der Waals surface area contributed by atoms with E-state index in [2.05, 4.69) is 32.9 Å². The van der Waals surface area contributed by atoms with Crippen LogP contribution in [0.15, 0.2) is 36.5 Å². The lowest BCUT2D eigenvalue weighted by Crippen LogP contribution is -2.69. The van der Waals surface area contributed by atoms with Crippen LogP contribution in [0.5, 0.6) is 0 Å². The first-order valence-electron chi connectivity index (χ1n) is 39.8. The van der Waals surface area contributed by atoms with Crippen molar-refractivity contribution < 1.29 is 117 Å². The molecule has 25 heteroatoms. The van der Waals surface area contributed by atoms with Gasteiger partial charge in [-0.2, -0.15) is 0 Å². The van der Waals surface area contributed by atoms with Gasteiger partial charge in [-0.05, 0) is 51.4 Å². The first kappa shape index (κ1) is 93.4. The largest absolute Gasteiger partial charge is 0.472 e. The van der Waals surface area contributed by atoms with Crippen molar-refractivity contribution in [3.63, 3.8) is 0 Å². The minimum atomic E-state index is -5.71. The molecule has 18 unspecified atom stereocenters. The Kier molecular flexibility index (Phi) is 53.3. The standard InChI is InChI=1S/C77H139O24P/c1-4-7-10-13-16-19-22-25-28-29-32-35-38-41-44-47-50-53-63(81)96-58(55-93-61(79)51-48-45-42-39-36-33-30-26-23-20-17-14-11-8-5-2)56-95-102(91,92)101-75-73(99-76-71(89)66(84)64(82)59(54-78)97-76)69(87)68(86)70(88)74(75)100-77-72(90)67(85)65(83)60(98-77)57-94-62(80)52-49-46-43-40-37-34-31-27-24-21-18-15-12-9-6-3/h20,23,43,46,49,52,58-60,64-78,82-90H,4-19,21-22,24-42,44-45,47-48,50-51,53-57H2,1-3H3,(H,91,92)/b23-20-,46-43+,52-49+. The second-order valence-corrected chi connectivity index (χ2v) is 29.9. The highest BCUT2D eigenvalue weighted by molar-refractivity contribution is 7.47. The van der Waals surface area contributed by atoms with E-state index in [1.807, 2.05) is 6.08 Å². The van der Waals surface area contributed by atoms with Crippen molar-refractivity contribution in [3.8, 4) is 0 Å². The third-order valence-corrected chi connectivity index (χ3v) is 20.5. The summed E-state index contributed by atoms with van der Waals surface area (Å²) in [6, 6.07) is 0. The molecule has 24 nitrogen and oxygen atoms in total. The molecule has 3 rings (SSSR count). The number of allylic oxidation sites excluding steroid dienone is 5. The molecular formula is C77H139O24P. The molecule has 3 fully saturated rings. The van der Waals surface area contributed by atoms with Crippen LogP contribution >= 0.6 is 7.82 Å². The quantitative estimate of drug-likeness (QED) is 0.00512. The van der Waals surface area contributed by atoms with Gasteiger partial charge in [-0.15, -0.1) is 0 Å². The van der Waals surface area contributed by atoms with E-state index in [0.717, 1.165) is 115 Å². The maximum absolute atomic E-state index is 14.4. The number of aliphatic hydroxyl groups is 10. The van der Waals surface area contributed by atoms with Crippen molar-refractivity contribution in [1.82, 2.24) is 0 Å². The predicted molar refractivity (Wildman–Crippen MR) is 388 cm³/mol. The molecule has 0 amide bonds. The molecule has 0 spiro atoms. The van der Waals surface area contributed by atoms with Gasteiger partial charge >= 0.3 is 25.7 Å².